The highest BCUT2D eigenvalue weighted by molar-refractivity contribution is 6.21. The average Bonchev–Trinajstić information content (AvgIpc) is 2.39. The predicted octanol–water partition coefficient (Wildman–Crippen LogP) is 5.41. The van der Waals surface area contributed by atoms with Gasteiger partial charge in [0.15, 0.2) is 0 Å². The number of ether oxygens (including phenoxy) is 1. The molecule has 2 heteroatoms. The lowest BCUT2D eigenvalue weighted by atomic mass is 9.62. The summed E-state index contributed by atoms with van der Waals surface area (Å²) in [6.45, 7) is 9.98. The van der Waals surface area contributed by atoms with Gasteiger partial charge in [0.25, 0.3) is 0 Å². The highest BCUT2D eigenvalue weighted by Crippen LogP contribution is 2.52. The molecule has 0 aromatic heterocycles. The van der Waals surface area contributed by atoms with Gasteiger partial charge in [-0.25, -0.2) is 0 Å². The van der Waals surface area contributed by atoms with Crippen molar-refractivity contribution in [2.24, 2.45) is 11.3 Å². The minimum Gasteiger partial charge on any atom is -0.377 e. The number of hydrogen-bond donors (Lipinski definition) is 0. The largest absolute Gasteiger partial charge is 0.377 e. The van der Waals surface area contributed by atoms with E-state index in [9.17, 15) is 0 Å². The van der Waals surface area contributed by atoms with Gasteiger partial charge in [-0.1, -0.05) is 47.0 Å². The van der Waals surface area contributed by atoms with Crippen LogP contribution in [0.5, 0.6) is 0 Å². The molecular formula is C16H31ClO. The van der Waals surface area contributed by atoms with Gasteiger partial charge in [-0.2, -0.15) is 0 Å². The Kier molecular flexibility index (Phi) is 7.02. The van der Waals surface area contributed by atoms with Crippen molar-refractivity contribution < 1.29 is 4.74 Å². The maximum absolute atomic E-state index is 6.42. The Labute approximate surface area is 119 Å². The molecule has 0 spiro atoms. The van der Waals surface area contributed by atoms with Crippen LogP contribution in [-0.4, -0.2) is 18.1 Å². The molecule has 0 heterocycles. The van der Waals surface area contributed by atoms with E-state index >= 15 is 0 Å². The normalized spacial score (nSPS) is 27.8. The van der Waals surface area contributed by atoms with Crippen LogP contribution in [0, 0.1) is 11.3 Å². The summed E-state index contributed by atoms with van der Waals surface area (Å²) in [5.41, 5.74) is 0.255. The minimum absolute atomic E-state index is 0.255. The summed E-state index contributed by atoms with van der Waals surface area (Å²) in [6, 6.07) is 0. The lowest BCUT2D eigenvalue weighted by molar-refractivity contribution is -0.121. The molecule has 1 aliphatic carbocycles. The topological polar surface area (TPSA) is 9.23 Å². The standard InChI is InChI=1S/C16H31ClO/c1-5-9-10-13(6-2)12-18-15-11-14(17)16(15,7-3)8-4/h13-15H,5-12H2,1-4H3. The first-order valence-corrected chi connectivity index (χ1v) is 8.33. The quantitative estimate of drug-likeness (QED) is 0.511. The molecule has 0 amide bonds. The first-order chi connectivity index (χ1) is 8.64. The Bertz CT molecular complexity index is 225. The Balaban J connectivity index is 2.38. The Morgan fingerprint density at radius 3 is 2.33 bits per heavy atom. The molecule has 1 aliphatic rings. The smallest absolute Gasteiger partial charge is 0.0659 e. The zero-order valence-corrected chi connectivity index (χ0v) is 13.4. The third-order valence-corrected chi connectivity index (χ3v) is 5.69. The third-order valence-electron chi connectivity index (χ3n) is 5.08. The van der Waals surface area contributed by atoms with E-state index in [2.05, 4.69) is 27.7 Å². The van der Waals surface area contributed by atoms with Gasteiger partial charge in [-0.15, -0.1) is 11.6 Å². The Hall–Kier alpha value is 0.250. The van der Waals surface area contributed by atoms with Crippen molar-refractivity contribution in [3.8, 4) is 0 Å². The van der Waals surface area contributed by atoms with E-state index in [4.69, 9.17) is 16.3 Å². The predicted molar refractivity (Wildman–Crippen MR) is 80.3 cm³/mol. The van der Waals surface area contributed by atoms with E-state index < -0.39 is 0 Å². The van der Waals surface area contributed by atoms with E-state index in [0.29, 0.717) is 11.5 Å². The van der Waals surface area contributed by atoms with Gasteiger partial charge in [-0.05, 0) is 31.6 Å². The van der Waals surface area contributed by atoms with E-state index in [1.807, 2.05) is 0 Å². The molecule has 1 nitrogen and oxygen atoms in total. The van der Waals surface area contributed by atoms with Crippen molar-refractivity contribution in [3.63, 3.8) is 0 Å². The molecule has 3 unspecified atom stereocenters. The summed E-state index contributed by atoms with van der Waals surface area (Å²) >= 11 is 6.42. The molecule has 18 heavy (non-hydrogen) atoms. The van der Waals surface area contributed by atoms with Crippen molar-refractivity contribution in [1.29, 1.82) is 0 Å². The summed E-state index contributed by atoms with van der Waals surface area (Å²) in [5, 5.41) is 0.327. The second-order valence-electron chi connectivity index (χ2n) is 5.88. The van der Waals surface area contributed by atoms with E-state index in [-0.39, 0.29) is 5.41 Å². The number of unbranched alkanes of at least 4 members (excludes halogenated alkanes) is 1. The first kappa shape index (κ1) is 16.3. The summed E-state index contributed by atoms with van der Waals surface area (Å²) in [7, 11) is 0. The maximum atomic E-state index is 6.42. The van der Waals surface area contributed by atoms with E-state index in [1.165, 1.54) is 25.7 Å². The van der Waals surface area contributed by atoms with Crippen LogP contribution in [0.3, 0.4) is 0 Å². The number of alkyl halides is 1. The second kappa shape index (κ2) is 7.75. The van der Waals surface area contributed by atoms with Crippen molar-refractivity contribution >= 4 is 11.6 Å². The van der Waals surface area contributed by atoms with Crippen LogP contribution >= 0.6 is 11.6 Å². The van der Waals surface area contributed by atoms with Crippen molar-refractivity contribution in [3.05, 3.63) is 0 Å². The summed E-state index contributed by atoms with van der Waals surface area (Å²) in [4.78, 5) is 0. The molecule has 0 aromatic rings. The van der Waals surface area contributed by atoms with Crippen molar-refractivity contribution in [2.45, 2.75) is 84.1 Å². The number of halogens is 1. The van der Waals surface area contributed by atoms with Gasteiger partial charge in [-0.3, -0.25) is 0 Å². The van der Waals surface area contributed by atoms with Gasteiger partial charge < -0.3 is 4.74 Å². The Morgan fingerprint density at radius 2 is 1.89 bits per heavy atom. The van der Waals surface area contributed by atoms with Gasteiger partial charge in [0.05, 0.1) is 6.10 Å². The summed E-state index contributed by atoms with van der Waals surface area (Å²) in [5.74, 6) is 0.741. The lowest BCUT2D eigenvalue weighted by Crippen LogP contribution is -2.55. The summed E-state index contributed by atoms with van der Waals surface area (Å²) < 4.78 is 6.21. The van der Waals surface area contributed by atoms with E-state index in [1.54, 1.807) is 0 Å². The van der Waals surface area contributed by atoms with Crippen LogP contribution in [0.2, 0.25) is 0 Å². The zero-order chi connectivity index (χ0) is 13.6. The number of hydrogen-bond acceptors (Lipinski definition) is 1. The fourth-order valence-corrected chi connectivity index (χ4v) is 3.84. The fourth-order valence-electron chi connectivity index (χ4n) is 3.23. The second-order valence-corrected chi connectivity index (χ2v) is 6.41. The monoisotopic (exact) mass is 274 g/mol. The molecule has 1 fully saturated rings. The van der Waals surface area contributed by atoms with Gasteiger partial charge >= 0.3 is 0 Å². The van der Waals surface area contributed by atoms with Gasteiger partial charge in [0.2, 0.25) is 0 Å². The SMILES string of the molecule is CCCCC(CC)COC1CC(Cl)C1(CC)CC. The van der Waals surface area contributed by atoms with Gasteiger partial charge in [0, 0.05) is 17.4 Å². The maximum Gasteiger partial charge on any atom is 0.0659 e. The van der Waals surface area contributed by atoms with E-state index in [0.717, 1.165) is 31.8 Å². The molecule has 0 saturated heterocycles. The molecule has 0 radical (unpaired) electrons. The van der Waals surface area contributed by atoms with Crippen molar-refractivity contribution in [2.75, 3.05) is 6.61 Å². The van der Waals surface area contributed by atoms with Crippen LogP contribution in [-0.2, 0) is 4.74 Å². The molecule has 0 aromatic carbocycles. The Morgan fingerprint density at radius 1 is 1.22 bits per heavy atom. The molecule has 0 bridgehead atoms. The van der Waals surface area contributed by atoms with Crippen LogP contribution in [0.1, 0.15) is 72.6 Å². The minimum atomic E-state index is 0.255. The molecule has 3 atom stereocenters. The zero-order valence-electron chi connectivity index (χ0n) is 12.7. The van der Waals surface area contributed by atoms with Crippen LogP contribution in [0.4, 0.5) is 0 Å². The lowest BCUT2D eigenvalue weighted by Gasteiger charge is -2.53. The molecular weight excluding hydrogens is 244 g/mol. The molecule has 1 saturated carbocycles. The van der Waals surface area contributed by atoms with Crippen LogP contribution in [0.25, 0.3) is 0 Å². The molecule has 0 aliphatic heterocycles. The molecule has 1 rings (SSSR count). The molecule has 108 valence electrons. The highest BCUT2D eigenvalue weighted by Gasteiger charge is 2.52. The van der Waals surface area contributed by atoms with Crippen LogP contribution in [0.15, 0.2) is 0 Å². The summed E-state index contributed by atoms with van der Waals surface area (Å²) in [6.07, 6.45) is 8.92. The average molecular weight is 275 g/mol. The van der Waals surface area contributed by atoms with Gasteiger partial charge in [0.1, 0.15) is 0 Å². The van der Waals surface area contributed by atoms with Crippen LogP contribution < -0.4 is 0 Å². The highest BCUT2D eigenvalue weighted by atomic mass is 35.5. The fraction of sp³-hybridized carbons (Fsp3) is 1.00. The number of rotatable bonds is 9. The molecule has 0 N–H and O–H groups in total. The third kappa shape index (κ3) is 3.42. The first-order valence-electron chi connectivity index (χ1n) is 7.90. The van der Waals surface area contributed by atoms with Crippen molar-refractivity contribution in [1.82, 2.24) is 0 Å².